The van der Waals surface area contributed by atoms with E-state index < -0.39 is 9.84 Å². The van der Waals surface area contributed by atoms with Crippen molar-refractivity contribution in [2.45, 2.75) is 23.6 Å². The lowest BCUT2D eigenvalue weighted by atomic mass is 10.2. The summed E-state index contributed by atoms with van der Waals surface area (Å²) in [6, 6.07) is 8.97. The first kappa shape index (κ1) is 16.8. The molecule has 0 saturated heterocycles. The zero-order chi connectivity index (χ0) is 17.0. The summed E-state index contributed by atoms with van der Waals surface area (Å²) in [7, 11) is -4.05. The lowest BCUT2D eigenvalue weighted by Crippen LogP contribution is -2.04. The van der Waals surface area contributed by atoms with Gasteiger partial charge in [-0.2, -0.15) is 0 Å². The molecule has 0 heterocycles. The van der Waals surface area contributed by atoms with Crippen LogP contribution in [0.3, 0.4) is 0 Å². The Labute approximate surface area is 136 Å². The predicted octanol–water partition coefficient (Wildman–Crippen LogP) is 4.00. The molecule has 2 rings (SSSR count). The number of phenols is 2. The number of phenolic OH excluding ortho intramolecular Hbond substituents is 2. The summed E-state index contributed by atoms with van der Waals surface area (Å²) in [5, 5.41) is 20.5. The highest BCUT2D eigenvalue weighted by Crippen LogP contribution is 2.37. The van der Waals surface area contributed by atoms with Gasteiger partial charge in [0.2, 0.25) is 9.84 Å². The maximum Gasteiger partial charge on any atom is 0.213 e. The minimum Gasteiger partial charge on any atom is -0.506 e. The molecule has 0 radical (unpaired) electrons. The van der Waals surface area contributed by atoms with Crippen LogP contribution < -0.4 is 0 Å². The summed E-state index contributed by atoms with van der Waals surface area (Å²) in [4.78, 5) is -0.470. The number of aromatic hydroxyl groups is 2. The quantitative estimate of drug-likeness (QED) is 0.888. The first-order valence-electron chi connectivity index (χ1n) is 7.08. The summed E-state index contributed by atoms with van der Waals surface area (Å²) in [5.74, 6) is -0.664. The molecule has 0 aliphatic carbocycles. The first-order valence-corrected chi connectivity index (χ1v) is 8.56. The largest absolute Gasteiger partial charge is 0.506 e. The lowest BCUT2D eigenvalue weighted by molar-refractivity contribution is 0.451. The molecule has 120 valence electrons. The van der Waals surface area contributed by atoms with Crippen LogP contribution in [0.1, 0.15) is 25.0 Å². The fraction of sp³-hybridized carbons (Fsp3) is 0.111. The van der Waals surface area contributed by atoms with Crippen molar-refractivity contribution in [3.63, 3.8) is 0 Å². The smallest absolute Gasteiger partial charge is 0.213 e. The molecule has 0 amide bonds. The number of rotatable bonds is 4. The van der Waals surface area contributed by atoms with Gasteiger partial charge in [0.15, 0.2) is 0 Å². The van der Waals surface area contributed by atoms with Crippen molar-refractivity contribution in [1.82, 2.24) is 0 Å². The Balaban J connectivity index is 2.70. The number of hydrogen-bond acceptors (Lipinski definition) is 4. The van der Waals surface area contributed by atoms with Crippen LogP contribution in [0, 0.1) is 0 Å². The molecule has 23 heavy (non-hydrogen) atoms. The van der Waals surface area contributed by atoms with Crippen molar-refractivity contribution < 1.29 is 18.6 Å². The lowest BCUT2D eigenvalue weighted by Gasteiger charge is -2.11. The standard InChI is InChI=1S/C18H18O4S/c1-3-7-13-9-5-11-15(17(13)19)23(21,22)16-12-6-10-14(8-4-2)18(16)20/h3-12,19-20H,1-2H3/b7-3-,8-4-. The topological polar surface area (TPSA) is 74.6 Å². The molecule has 0 aromatic heterocycles. The van der Waals surface area contributed by atoms with Crippen LogP contribution in [-0.2, 0) is 9.84 Å². The van der Waals surface area contributed by atoms with E-state index in [4.69, 9.17) is 0 Å². The number of hydrogen-bond donors (Lipinski definition) is 2. The maximum atomic E-state index is 12.8. The Morgan fingerprint density at radius 1 is 0.783 bits per heavy atom. The van der Waals surface area contributed by atoms with Gasteiger partial charge in [0.05, 0.1) is 0 Å². The fourth-order valence-corrected chi connectivity index (χ4v) is 3.76. The SMILES string of the molecule is C/C=C\c1cccc(S(=O)(=O)c2cccc(/C=C\C)c2O)c1O. The van der Waals surface area contributed by atoms with Crippen molar-refractivity contribution in [3.8, 4) is 11.5 Å². The molecule has 0 unspecified atom stereocenters. The summed E-state index contributed by atoms with van der Waals surface area (Å²) in [5.41, 5.74) is 0.801. The Kier molecular flexibility index (Phi) is 4.91. The number of sulfone groups is 1. The second-order valence-corrected chi connectivity index (χ2v) is 6.78. The highest BCUT2D eigenvalue weighted by atomic mass is 32.2. The van der Waals surface area contributed by atoms with Gasteiger partial charge in [0.1, 0.15) is 21.3 Å². The summed E-state index contributed by atoms with van der Waals surface area (Å²) in [6.45, 7) is 3.54. The molecule has 2 aromatic carbocycles. The molecule has 0 aliphatic heterocycles. The van der Waals surface area contributed by atoms with Crippen LogP contribution in [0.2, 0.25) is 0 Å². The fourth-order valence-electron chi connectivity index (χ4n) is 2.26. The van der Waals surface area contributed by atoms with Gasteiger partial charge in [0.25, 0.3) is 0 Å². The normalized spacial score (nSPS) is 12.3. The Bertz CT molecular complexity index is 810. The molecule has 4 nitrogen and oxygen atoms in total. The van der Waals surface area contributed by atoms with Gasteiger partial charge < -0.3 is 10.2 Å². The van der Waals surface area contributed by atoms with E-state index in [2.05, 4.69) is 0 Å². The minimum atomic E-state index is -4.05. The van der Waals surface area contributed by atoms with Crippen molar-refractivity contribution in [2.75, 3.05) is 0 Å². The number of para-hydroxylation sites is 2. The van der Waals surface area contributed by atoms with E-state index in [1.54, 1.807) is 62.4 Å². The third kappa shape index (κ3) is 3.14. The predicted molar refractivity (Wildman–Crippen MR) is 91.1 cm³/mol. The second-order valence-electron chi connectivity index (χ2n) is 4.89. The van der Waals surface area contributed by atoms with E-state index in [1.165, 1.54) is 12.1 Å². The molecule has 0 atom stereocenters. The van der Waals surface area contributed by atoms with Gasteiger partial charge >= 0.3 is 0 Å². The van der Waals surface area contributed by atoms with Gasteiger partial charge in [-0.05, 0) is 26.0 Å². The van der Waals surface area contributed by atoms with Gasteiger partial charge in [-0.15, -0.1) is 0 Å². The van der Waals surface area contributed by atoms with Crippen LogP contribution in [0.15, 0.2) is 58.3 Å². The average Bonchev–Trinajstić information content (AvgIpc) is 2.51. The van der Waals surface area contributed by atoms with E-state index in [-0.39, 0.29) is 21.3 Å². The van der Waals surface area contributed by atoms with Crippen molar-refractivity contribution >= 4 is 22.0 Å². The summed E-state index contributed by atoms with van der Waals surface area (Å²) < 4.78 is 25.6. The molecular weight excluding hydrogens is 312 g/mol. The number of allylic oxidation sites excluding steroid dienone is 2. The third-order valence-corrected chi connectivity index (χ3v) is 5.15. The monoisotopic (exact) mass is 330 g/mol. The van der Waals surface area contributed by atoms with Gasteiger partial charge in [0, 0.05) is 11.1 Å². The van der Waals surface area contributed by atoms with E-state index in [1.807, 2.05) is 0 Å². The molecule has 0 fully saturated rings. The highest BCUT2D eigenvalue weighted by molar-refractivity contribution is 7.91. The molecule has 0 spiro atoms. The van der Waals surface area contributed by atoms with Gasteiger partial charge in [-0.1, -0.05) is 48.6 Å². The number of benzene rings is 2. The Morgan fingerprint density at radius 2 is 1.17 bits per heavy atom. The van der Waals surface area contributed by atoms with E-state index in [0.29, 0.717) is 11.1 Å². The van der Waals surface area contributed by atoms with E-state index >= 15 is 0 Å². The van der Waals surface area contributed by atoms with Crippen molar-refractivity contribution in [2.24, 2.45) is 0 Å². The maximum absolute atomic E-state index is 12.8. The highest BCUT2D eigenvalue weighted by Gasteiger charge is 2.26. The van der Waals surface area contributed by atoms with Crippen LogP contribution in [-0.4, -0.2) is 18.6 Å². The summed E-state index contributed by atoms with van der Waals surface area (Å²) >= 11 is 0. The van der Waals surface area contributed by atoms with E-state index in [9.17, 15) is 18.6 Å². The molecule has 2 aromatic rings. The van der Waals surface area contributed by atoms with Crippen LogP contribution in [0.25, 0.3) is 12.2 Å². The average molecular weight is 330 g/mol. The summed E-state index contributed by atoms with van der Waals surface area (Å²) in [6.07, 6.45) is 6.64. The van der Waals surface area contributed by atoms with Crippen LogP contribution >= 0.6 is 0 Å². The molecule has 2 N–H and O–H groups in total. The van der Waals surface area contributed by atoms with E-state index in [0.717, 1.165) is 0 Å². The zero-order valence-corrected chi connectivity index (χ0v) is 13.7. The second kappa shape index (κ2) is 6.71. The van der Waals surface area contributed by atoms with Crippen molar-refractivity contribution in [1.29, 1.82) is 0 Å². The van der Waals surface area contributed by atoms with Gasteiger partial charge in [-0.25, -0.2) is 8.42 Å². The zero-order valence-electron chi connectivity index (χ0n) is 12.9. The molecular formula is C18H18O4S. The first-order chi connectivity index (χ1) is 10.9. The Hall–Kier alpha value is -2.53. The molecule has 0 bridgehead atoms. The molecule has 5 heteroatoms. The van der Waals surface area contributed by atoms with Gasteiger partial charge in [-0.3, -0.25) is 0 Å². The van der Waals surface area contributed by atoms with Crippen LogP contribution in [0.5, 0.6) is 11.5 Å². The third-order valence-electron chi connectivity index (χ3n) is 3.33. The molecule has 0 saturated carbocycles. The van der Waals surface area contributed by atoms with Crippen molar-refractivity contribution in [3.05, 3.63) is 59.7 Å². The Morgan fingerprint density at radius 3 is 1.52 bits per heavy atom. The molecule has 0 aliphatic rings. The van der Waals surface area contributed by atoms with Crippen LogP contribution in [0.4, 0.5) is 0 Å². The minimum absolute atomic E-state index is 0.235.